The van der Waals surface area contributed by atoms with E-state index < -0.39 is 5.60 Å². The van der Waals surface area contributed by atoms with E-state index in [1.54, 1.807) is 22.8 Å². The van der Waals surface area contributed by atoms with Crippen LogP contribution in [0, 0.1) is 6.92 Å². The fourth-order valence-electron chi connectivity index (χ4n) is 3.26. The van der Waals surface area contributed by atoms with Crippen molar-refractivity contribution in [3.63, 3.8) is 0 Å². The molecule has 0 N–H and O–H groups in total. The molecule has 1 aromatic heterocycles. The summed E-state index contributed by atoms with van der Waals surface area (Å²) < 4.78 is 10.6. The van der Waals surface area contributed by atoms with Gasteiger partial charge < -0.3 is 14.2 Å². The third kappa shape index (κ3) is 4.52. The minimum absolute atomic E-state index is 0.0846. The highest BCUT2D eigenvalue weighted by atomic mass is 16.6. The van der Waals surface area contributed by atoms with E-state index in [-0.39, 0.29) is 24.5 Å². The topological polar surface area (TPSA) is 75.9 Å². The van der Waals surface area contributed by atoms with Crippen molar-refractivity contribution >= 4 is 17.7 Å². The lowest BCUT2D eigenvalue weighted by Crippen LogP contribution is -2.46. The van der Waals surface area contributed by atoms with Crippen LogP contribution in [-0.2, 0) is 22.5 Å². The van der Waals surface area contributed by atoms with Gasteiger partial charge in [0.2, 0.25) is 5.91 Å². The molecule has 1 atom stereocenters. The van der Waals surface area contributed by atoms with Gasteiger partial charge in [0.25, 0.3) is 0 Å². The Balaban J connectivity index is 1.87. The second kappa shape index (κ2) is 7.66. The molecule has 7 nitrogen and oxygen atoms in total. The zero-order chi connectivity index (χ0) is 20.5. The number of aryl methyl sites for hydroxylation is 1. The number of carbonyl (C=O) groups is 2. The summed E-state index contributed by atoms with van der Waals surface area (Å²) in [7, 11) is 0. The molecule has 2 heterocycles. The van der Waals surface area contributed by atoms with Gasteiger partial charge in [-0.1, -0.05) is 23.4 Å². The van der Waals surface area contributed by atoms with Crippen LogP contribution in [0.2, 0.25) is 0 Å². The van der Waals surface area contributed by atoms with Crippen molar-refractivity contribution in [2.75, 3.05) is 11.4 Å². The van der Waals surface area contributed by atoms with Crippen molar-refractivity contribution in [3.8, 4) is 0 Å². The van der Waals surface area contributed by atoms with Crippen LogP contribution < -0.4 is 4.90 Å². The van der Waals surface area contributed by atoms with Gasteiger partial charge in [-0.05, 0) is 46.2 Å². The maximum Gasteiger partial charge on any atom is 0.410 e. The number of anilines is 1. The maximum absolute atomic E-state index is 13.1. The number of aromatic nitrogens is 1. The van der Waals surface area contributed by atoms with E-state index in [1.807, 2.05) is 52.0 Å². The minimum atomic E-state index is -0.580. The molecule has 150 valence electrons. The van der Waals surface area contributed by atoms with Gasteiger partial charge in [0.15, 0.2) is 0 Å². The number of hydrogen-bond donors (Lipinski definition) is 0. The second-order valence-corrected chi connectivity index (χ2v) is 8.20. The highest BCUT2D eigenvalue weighted by Gasteiger charge is 2.33. The van der Waals surface area contributed by atoms with Crippen LogP contribution in [0.1, 0.15) is 44.7 Å². The Morgan fingerprint density at radius 1 is 1.29 bits per heavy atom. The first-order valence-corrected chi connectivity index (χ1v) is 9.44. The zero-order valence-electron chi connectivity index (χ0n) is 17.1. The van der Waals surface area contributed by atoms with E-state index >= 15 is 0 Å². The molecule has 0 bridgehead atoms. The fourth-order valence-corrected chi connectivity index (χ4v) is 3.26. The summed E-state index contributed by atoms with van der Waals surface area (Å²) in [5.74, 6) is 0.585. The molecule has 3 rings (SSSR count). The molecule has 0 aliphatic carbocycles. The number of carbonyl (C=O) groups excluding carboxylic acids is 2. The maximum atomic E-state index is 13.1. The average molecular weight is 385 g/mol. The lowest BCUT2D eigenvalue weighted by molar-refractivity contribution is -0.118. The van der Waals surface area contributed by atoms with Gasteiger partial charge in [0.1, 0.15) is 11.4 Å². The smallest absolute Gasteiger partial charge is 0.410 e. The Bertz CT molecular complexity index is 869. The second-order valence-electron chi connectivity index (χ2n) is 8.20. The van der Waals surface area contributed by atoms with Gasteiger partial charge in [0, 0.05) is 18.3 Å². The van der Waals surface area contributed by atoms with Gasteiger partial charge in [-0.25, -0.2) is 4.79 Å². The standard InChI is InChI=1S/C21H27N3O4/c1-14-12-24(19(25)11-17-10-15(2)28-22-17)18-9-7-6-8-16(18)13-23(14)20(26)27-21(3,4)5/h6-10,14H,11-13H2,1-5H3/t14-/m1/s1. The van der Waals surface area contributed by atoms with Gasteiger partial charge >= 0.3 is 6.09 Å². The Hall–Kier alpha value is -2.83. The predicted octanol–water partition coefficient (Wildman–Crippen LogP) is 3.70. The summed E-state index contributed by atoms with van der Waals surface area (Å²) in [6.07, 6.45) is -0.235. The van der Waals surface area contributed by atoms with Crippen LogP contribution in [0.25, 0.3) is 0 Å². The molecule has 0 radical (unpaired) electrons. The van der Waals surface area contributed by atoms with Crippen LogP contribution >= 0.6 is 0 Å². The molecule has 2 aromatic rings. The first-order valence-electron chi connectivity index (χ1n) is 9.44. The highest BCUT2D eigenvalue weighted by molar-refractivity contribution is 5.95. The van der Waals surface area contributed by atoms with Crippen molar-refractivity contribution in [2.45, 2.75) is 59.2 Å². The first kappa shape index (κ1) is 19.9. The van der Waals surface area contributed by atoms with E-state index in [2.05, 4.69) is 5.16 Å². The number of nitrogens with zero attached hydrogens (tertiary/aromatic N) is 3. The summed E-state index contributed by atoms with van der Waals surface area (Å²) in [6, 6.07) is 9.21. The first-order chi connectivity index (χ1) is 13.1. The van der Waals surface area contributed by atoms with Crippen LogP contribution in [0.5, 0.6) is 0 Å². The van der Waals surface area contributed by atoms with Gasteiger partial charge in [0.05, 0.1) is 24.7 Å². The molecule has 7 heteroatoms. The molecular weight excluding hydrogens is 358 g/mol. The number of rotatable bonds is 2. The van der Waals surface area contributed by atoms with E-state index in [1.165, 1.54) is 0 Å². The molecule has 0 saturated heterocycles. The fraction of sp³-hybridized carbons (Fsp3) is 0.476. The Labute approximate surface area is 165 Å². The van der Waals surface area contributed by atoms with E-state index in [0.717, 1.165) is 11.3 Å². The Morgan fingerprint density at radius 3 is 2.64 bits per heavy atom. The molecule has 1 aliphatic rings. The molecule has 0 spiro atoms. The minimum Gasteiger partial charge on any atom is -0.444 e. The molecule has 28 heavy (non-hydrogen) atoms. The van der Waals surface area contributed by atoms with Crippen LogP contribution in [0.15, 0.2) is 34.9 Å². The number of fused-ring (bicyclic) bond motifs is 1. The van der Waals surface area contributed by atoms with Gasteiger partial charge in [-0.15, -0.1) is 0 Å². The number of ether oxygens (including phenoxy) is 1. The molecule has 1 aromatic carbocycles. The van der Waals surface area contributed by atoms with Gasteiger partial charge in [-0.2, -0.15) is 0 Å². The molecule has 1 aliphatic heterocycles. The van der Waals surface area contributed by atoms with Crippen molar-refractivity contribution in [1.29, 1.82) is 0 Å². The van der Waals surface area contributed by atoms with Gasteiger partial charge in [-0.3, -0.25) is 9.69 Å². The summed E-state index contributed by atoms with van der Waals surface area (Å²) in [5, 5.41) is 3.93. The molecular formula is C21H27N3O4. The lowest BCUT2D eigenvalue weighted by atomic mass is 10.1. The molecule has 2 amide bonds. The van der Waals surface area contributed by atoms with Crippen molar-refractivity contribution in [2.24, 2.45) is 0 Å². The summed E-state index contributed by atoms with van der Waals surface area (Å²) >= 11 is 0. The molecule has 0 unspecified atom stereocenters. The lowest BCUT2D eigenvalue weighted by Gasteiger charge is -2.31. The monoisotopic (exact) mass is 385 g/mol. The average Bonchev–Trinajstić information content (AvgIpc) is 2.93. The van der Waals surface area contributed by atoms with E-state index in [0.29, 0.717) is 24.5 Å². The SMILES string of the molecule is Cc1cc(CC(=O)N2C[C@@H](C)N(C(=O)OC(C)(C)C)Cc3ccccc32)no1. The molecule has 0 saturated carbocycles. The number of hydrogen-bond acceptors (Lipinski definition) is 5. The summed E-state index contributed by atoms with van der Waals surface area (Å²) in [4.78, 5) is 29.2. The van der Waals surface area contributed by atoms with E-state index in [9.17, 15) is 9.59 Å². The number of amides is 2. The molecule has 0 fully saturated rings. The summed E-state index contributed by atoms with van der Waals surface area (Å²) in [6.45, 7) is 10.0. The van der Waals surface area contributed by atoms with Crippen molar-refractivity contribution in [3.05, 3.63) is 47.3 Å². The predicted molar refractivity (Wildman–Crippen MR) is 105 cm³/mol. The zero-order valence-corrected chi connectivity index (χ0v) is 17.1. The third-order valence-electron chi connectivity index (χ3n) is 4.54. The number of para-hydroxylation sites is 1. The van der Waals surface area contributed by atoms with E-state index in [4.69, 9.17) is 9.26 Å². The van der Waals surface area contributed by atoms with Crippen molar-refractivity contribution in [1.82, 2.24) is 10.1 Å². The largest absolute Gasteiger partial charge is 0.444 e. The quantitative estimate of drug-likeness (QED) is 0.788. The normalized spacial score (nSPS) is 17.1. The highest BCUT2D eigenvalue weighted by Crippen LogP contribution is 2.29. The van der Waals surface area contributed by atoms with Crippen LogP contribution in [0.3, 0.4) is 0 Å². The Morgan fingerprint density at radius 2 is 2.00 bits per heavy atom. The van der Waals surface area contributed by atoms with Crippen molar-refractivity contribution < 1.29 is 18.8 Å². The third-order valence-corrected chi connectivity index (χ3v) is 4.54. The number of benzene rings is 1. The summed E-state index contributed by atoms with van der Waals surface area (Å²) in [5.41, 5.74) is 1.73. The Kier molecular flexibility index (Phi) is 5.45. The van der Waals surface area contributed by atoms with Crippen LogP contribution in [-0.4, -0.2) is 40.2 Å². The van der Waals surface area contributed by atoms with Crippen LogP contribution in [0.4, 0.5) is 10.5 Å².